The van der Waals surface area contributed by atoms with Gasteiger partial charge in [-0.25, -0.2) is 9.37 Å². The van der Waals surface area contributed by atoms with Gasteiger partial charge in [0.05, 0.1) is 18.3 Å². The van der Waals surface area contributed by atoms with Crippen LogP contribution in [0.25, 0.3) is 21.3 Å². The zero-order chi connectivity index (χ0) is 21.4. The summed E-state index contributed by atoms with van der Waals surface area (Å²) in [5.74, 6) is -0.0977. The molecule has 0 bridgehead atoms. The Balaban J connectivity index is 1.73. The number of hydrogen-bond donors (Lipinski definition) is 0. The summed E-state index contributed by atoms with van der Waals surface area (Å²) in [6.45, 7) is 6.02. The molecule has 0 aliphatic rings. The molecule has 4 rings (SSSR count). The molecule has 30 heavy (non-hydrogen) atoms. The van der Waals surface area contributed by atoms with Gasteiger partial charge < -0.3 is 0 Å². The van der Waals surface area contributed by atoms with Crippen molar-refractivity contribution in [2.45, 2.75) is 33.2 Å². The van der Waals surface area contributed by atoms with Gasteiger partial charge in [0.15, 0.2) is 5.78 Å². The summed E-state index contributed by atoms with van der Waals surface area (Å²) >= 11 is 1.42. The van der Waals surface area contributed by atoms with Crippen molar-refractivity contribution in [1.29, 1.82) is 0 Å². The van der Waals surface area contributed by atoms with E-state index in [0.29, 0.717) is 21.7 Å². The third kappa shape index (κ3) is 3.71. The smallest absolute Gasteiger partial charge is 0.263 e. The lowest BCUT2D eigenvalue weighted by Gasteiger charge is -2.08. The molecule has 0 unspecified atom stereocenters. The summed E-state index contributed by atoms with van der Waals surface area (Å²) in [7, 11) is 0. The Labute approximate surface area is 177 Å². The van der Waals surface area contributed by atoms with Crippen LogP contribution in [0.5, 0.6) is 0 Å². The first-order valence-corrected chi connectivity index (χ1v) is 10.5. The van der Waals surface area contributed by atoms with Crippen molar-refractivity contribution in [2.24, 2.45) is 0 Å². The van der Waals surface area contributed by atoms with E-state index in [4.69, 9.17) is 0 Å². The number of Topliss-reactive ketones (excluding diaryl/α,β-unsaturated/α-hetero) is 1. The quantitative estimate of drug-likeness (QED) is 0.396. The molecule has 0 aliphatic heterocycles. The average Bonchev–Trinajstić information content (AvgIpc) is 3.07. The van der Waals surface area contributed by atoms with Crippen LogP contribution in [-0.2, 0) is 6.54 Å². The van der Waals surface area contributed by atoms with Crippen molar-refractivity contribution in [3.8, 4) is 11.1 Å². The molecule has 6 heteroatoms. The third-order valence-corrected chi connectivity index (χ3v) is 6.21. The Morgan fingerprint density at radius 3 is 2.40 bits per heavy atom. The number of thiophene rings is 1. The summed E-state index contributed by atoms with van der Waals surface area (Å²) in [5, 5.41) is 0.467. The largest absolute Gasteiger partial charge is 0.292 e. The zero-order valence-electron chi connectivity index (χ0n) is 17.0. The minimum Gasteiger partial charge on any atom is -0.292 e. The third-order valence-electron chi connectivity index (χ3n) is 5.20. The Kier molecular flexibility index (Phi) is 5.35. The van der Waals surface area contributed by atoms with Crippen LogP contribution in [0.2, 0.25) is 0 Å². The molecule has 152 valence electrons. The molecule has 2 aromatic carbocycles. The number of hydrogen-bond acceptors (Lipinski definition) is 4. The van der Waals surface area contributed by atoms with E-state index >= 15 is 0 Å². The molecule has 2 heterocycles. The Morgan fingerprint density at radius 2 is 1.77 bits per heavy atom. The fourth-order valence-corrected chi connectivity index (χ4v) is 4.52. The number of carbonyl (C=O) groups excluding carboxylic acids is 1. The van der Waals surface area contributed by atoms with E-state index in [-0.39, 0.29) is 23.7 Å². The number of ketones is 1. The van der Waals surface area contributed by atoms with Crippen molar-refractivity contribution in [2.75, 3.05) is 0 Å². The molecule has 0 saturated heterocycles. The number of aromatic nitrogens is 2. The fourth-order valence-electron chi connectivity index (χ4n) is 3.51. The summed E-state index contributed by atoms with van der Waals surface area (Å²) in [5.41, 5.74) is 2.95. The highest BCUT2D eigenvalue weighted by atomic mass is 32.1. The first-order chi connectivity index (χ1) is 14.3. The van der Waals surface area contributed by atoms with E-state index in [2.05, 4.69) is 18.8 Å². The number of fused-ring (bicyclic) bond motifs is 1. The predicted molar refractivity (Wildman–Crippen MR) is 119 cm³/mol. The van der Waals surface area contributed by atoms with E-state index in [0.717, 1.165) is 21.6 Å². The number of carbonyl (C=O) groups is 1. The van der Waals surface area contributed by atoms with Gasteiger partial charge in [0.1, 0.15) is 10.6 Å². The summed E-state index contributed by atoms with van der Waals surface area (Å²) in [6.07, 6.45) is 1.43. The maximum atomic E-state index is 13.3. The first kappa shape index (κ1) is 20.2. The van der Waals surface area contributed by atoms with Gasteiger partial charge in [0.2, 0.25) is 0 Å². The highest BCUT2D eigenvalue weighted by molar-refractivity contribution is 7.19. The van der Waals surface area contributed by atoms with Crippen LogP contribution in [-0.4, -0.2) is 15.3 Å². The maximum Gasteiger partial charge on any atom is 0.263 e. The molecular formula is C24H21FN2O2S. The first-order valence-electron chi connectivity index (χ1n) is 9.72. The molecule has 4 nitrogen and oxygen atoms in total. The van der Waals surface area contributed by atoms with E-state index in [1.807, 2.05) is 19.1 Å². The van der Waals surface area contributed by atoms with Gasteiger partial charge in [-0.3, -0.25) is 14.2 Å². The van der Waals surface area contributed by atoms with E-state index in [1.165, 1.54) is 34.4 Å². The fraction of sp³-hybridized carbons (Fsp3) is 0.208. The maximum absolute atomic E-state index is 13.3. The zero-order valence-corrected chi connectivity index (χ0v) is 17.8. The molecule has 0 aliphatic carbocycles. The topological polar surface area (TPSA) is 52.0 Å². The normalized spacial score (nSPS) is 11.4. The van der Waals surface area contributed by atoms with Crippen molar-refractivity contribution < 1.29 is 9.18 Å². The SMILES string of the molecule is Cc1sc2ncn(CC(=O)c3ccc(C(C)C)cc3)c(=O)c2c1-c1ccc(F)cc1. The van der Waals surface area contributed by atoms with Gasteiger partial charge in [-0.1, -0.05) is 50.2 Å². The van der Waals surface area contributed by atoms with Gasteiger partial charge in [0, 0.05) is 16.0 Å². The highest BCUT2D eigenvalue weighted by Crippen LogP contribution is 2.35. The number of rotatable bonds is 5. The van der Waals surface area contributed by atoms with Crippen LogP contribution in [0.3, 0.4) is 0 Å². The molecule has 0 fully saturated rings. The van der Waals surface area contributed by atoms with Gasteiger partial charge in [-0.15, -0.1) is 11.3 Å². The molecule has 0 N–H and O–H groups in total. The average molecular weight is 421 g/mol. The Bertz CT molecular complexity index is 1290. The molecule has 2 aromatic heterocycles. The van der Waals surface area contributed by atoms with Crippen molar-refractivity contribution >= 4 is 27.3 Å². The lowest BCUT2D eigenvalue weighted by molar-refractivity contribution is 0.0970. The lowest BCUT2D eigenvalue weighted by Crippen LogP contribution is -2.24. The molecule has 0 saturated carbocycles. The second-order valence-corrected chi connectivity index (χ2v) is 8.80. The second-order valence-electron chi connectivity index (χ2n) is 7.60. The molecule has 0 radical (unpaired) electrons. The molecule has 0 spiro atoms. The van der Waals surface area contributed by atoms with Crippen LogP contribution in [0.15, 0.2) is 59.7 Å². The van der Waals surface area contributed by atoms with E-state index in [1.54, 1.807) is 24.3 Å². The minimum atomic E-state index is -0.333. The van der Waals surface area contributed by atoms with Crippen LogP contribution in [0.1, 0.15) is 40.6 Å². The van der Waals surface area contributed by atoms with Crippen LogP contribution in [0.4, 0.5) is 4.39 Å². The summed E-state index contributed by atoms with van der Waals surface area (Å²) in [6, 6.07) is 13.5. The lowest BCUT2D eigenvalue weighted by atomic mass is 10.0. The monoisotopic (exact) mass is 420 g/mol. The van der Waals surface area contributed by atoms with Crippen LogP contribution < -0.4 is 5.56 Å². The summed E-state index contributed by atoms with van der Waals surface area (Å²) < 4.78 is 14.7. The van der Waals surface area contributed by atoms with Crippen molar-refractivity contribution in [1.82, 2.24) is 9.55 Å². The van der Waals surface area contributed by atoms with Gasteiger partial charge in [-0.05, 0) is 36.1 Å². The molecular weight excluding hydrogens is 399 g/mol. The van der Waals surface area contributed by atoms with Gasteiger partial charge in [-0.2, -0.15) is 0 Å². The van der Waals surface area contributed by atoms with Crippen LogP contribution in [0, 0.1) is 12.7 Å². The second kappa shape index (κ2) is 7.95. The number of aryl methyl sites for hydroxylation is 1. The Morgan fingerprint density at radius 1 is 1.10 bits per heavy atom. The van der Waals surface area contributed by atoms with Gasteiger partial charge in [0.25, 0.3) is 5.56 Å². The van der Waals surface area contributed by atoms with E-state index < -0.39 is 0 Å². The highest BCUT2D eigenvalue weighted by Gasteiger charge is 2.18. The molecule has 4 aromatic rings. The number of nitrogens with zero attached hydrogens (tertiary/aromatic N) is 2. The molecule has 0 atom stereocenters. The van der Waals surface area contributed by atoms with Crippen molar-refractivity contribution in [3.63, 3.8) is 0 Å². The standard InChI is InChI=1S/C24H21FN2O2S/c1-14(2)16-4-6-17(7-5-16)20(28)12-27-13-26-23-22(24(27)29)21(15(3)30-23)18-8-10-19(25)11-9-18/h4-11,13-14H,12H2,1-3H3. The minimum absolute atomic E-state index is 0.0828. The summed E-state index contributed by atoms with van der Waals surface area (Å²) in [4.78, 5) is 31.9. The molecule has 0 amide bonds. The van der Waals surface area contributed by atoms with Crippen LogP contribution >= 0.6 is 11.3 Å². The van der Waals surface area contributed by atoms with Gasteiger partial charge >= 0.3 is 0 Å². The number of benzene rings is 2. The van der Waals surface area contributed by atoms with E-state index in [9.17, 15) is 14.0 Å². The Hall–Kier alpha value is -3.12. The van der Waals surface area contributed by atoms with Crippen molar-refractivity contribution in [3.05, 3.63) is 87.0 Å². The number of halogens is 1. The predicted octanol–water partition coefficient (Wildman–Crippen LogP) is 5.58.